The number of nitrogens with zero attached hydrogens (tertiary/aromatic N) is 2. The number of esters is 1. The fourth-order valence-corrected chi connectivity index (χ4v) is 2.35. The number of hydrogen-bond donors (Lipinski definition) is 1. The van der Waals surface area contributed by atoms with E-state index in [2.05, 4.69) is 0 Å². The highest BCUT2D eigenvalue weighted by Crippen LogP contribution is 2.21. The minimum atomic E-state index is -0.484. The molecule has 0 radical (unpaired) electrons. The second-order valence-electron chi connectivity index (χ2n) is 4.84. The van der Waals surface area contributed by atoms with Crippen molar-refractivity contribution in [3.05, 3.63) is 47.4 Å². The highest BCUT2D eigenvalue weighted by atomic mass is 16.6. The van der Waals surface area contributed by atoms with E-state index < -0.39 is 5.97 Å². The van der Waals surface area contributed by atoms with Crippen LogP contribution in [0.2, 0.25) is 0 Å². The first-order chi connectivity index (χ1) is 11.1. The molecule has 0 aliphatic heterocycles. The van der Waals surface area contributed by atoms with Crippen molar-refractivity contribution in [1.82, 2.24) is 4.73 Å². The van der Waals surface area contributed by atoms with Crippen molar-refractivity contribution in [2.45, 2.75) is 6.92 Å². The first-order valence-corrected chi connectivity index (χ1v) is 7.09. The first-order valence-electron chi connectivity index (χ1n) is 7.09. The van der Waals surface area contributed by atoms with Gasteiger partial charge < -0.3 is 14.7 Å². The number of benzene rings is 2. The lowest BCUT2D eigenvalue weighted by molar-refractivity contribution is -0.433. The van der Waals surface area contributed by atoms with E-state index in [1.165, 1.54) is 12.1 Å². The molecule has 0 aliphatic rings. The Balaban J connectivity index is 2.06. The van der Waals surface area contributed by atoms with Crippen LogP contribution in [0.3, 0.4) is 0 Å². The fourth-order valence-electron chi connectivity index (χ4n) is 2.35. The van der Waals surface area contributed by atoms with Crippen LogP contribution in [-0.2, 0) is 9.53 Å². The highest BCUT2D eigenvalue weighted by molar-refractivity contribution is 5.83. The van der Waals surface area contributed by atoms with Gasteiger partial charge in [0.1, 0.15) is 5.75 Å². The van der Waals surface area contributed by atoms with E-state index in [4.69, 9.17) is 9.47 Å². The van der Waals surface area contributed by atoms with Crippen LogP contribution in [0.25, 0.3) is 22.1 Å². The zero-order chi connectivity index (χ0) is 16.4. The average molecular weight is 315 g/mol. The third kappa shape index (κ3) is 2.68. The number of aromatic nitrogens is 2. The van der Waals surface area contributed by atoms with Gasteiger partial charge in [-0.15, -0.1) is 0 Å². The third-order valence-corrected chi connectivity index (χ3v) is 3.38. The Labute approximate surface area is 130 Å². The third-order valence-electron chi connectivity index (χ3n) is 3.38. The van der Waals surface area contributed by atoms with Crippen molar-refractivity contribution >= 4 is 28.0 Å². The number of hydrogen-bond acceptors (Lipinski definition) is 5. The molecule has 0 unspecified atom stereocenters. The van der Waals surface area contributed by atoms with Crippen molar-refractivity contribution in [3.63, 3.8) is 0 Å². The van der Waals surface area contributed by atoms with Crippen molar-refractivity contribution in [2.75, 3.05) is 13.2 Å². The Morgan fingerprint density at radius 3 is 2.70 bits per heavy atom. The van der Waals surface area contributed by atoms with Gasteiger partial charge in [-0.25, -0.2) is 4.79 Å². The van der Waals surface area contributed by atoms with Crippen LogP contribution >= 0.6 is 0 Å². The molecule has 118 valence electrons. The van der Waals surface area contributed by atoms with Gasteiger partial charge in [0, 0.05) is 23.1 Å². The van der Waals surface area contributed by atoms with E-state index in [1.807, 2.05) is 0 Å². The van der Waals surface area contributed by atoms with Gasteiger partial charge in [-0.2, -0.15) is 4.73 Å². The molecule has 3 aromatic rings. The van der Waals surface area contributed by atoms with Crippen LogP contribution in [0.1, 0.15) is 6.92 Å². The standard InChI is InChI=1S/C16H15N2O5/c1-2-22-16(19)10-23-11-7-8-14-15(9-11)18(21)13-6-4-3-5-12(13)17(14)20/h3-9,21H,2,10H2,1H3/q+1. The van der Waals surface area contributed by atoms with Gasteiger partial charge in [-0.05, 0) is 19.1 Å². The number of fused-ring (bicyclic) bond motifs is 2. The van der Waals surface area contributed by atoms with Gasteiger partial charge >= 0.3 is 5.97 Å². The smallest absolute Gasteiger partial charge is 0.344 e. The fraction of sp³-hybridized carbons (Fsp3) is 0.188. The number of para-hydroxylation sites is 2. The summed E-state index contributed by atoms with van der Waals surface area (Å²) in [6.45, 7) is 1.75. The maximum absolute atomic E-state index is 12.4. The van der Waals surface area contributed by atoms with Crippen molar-refractivity contribution in [1.29, 1.82) is 0 Å². The molecule has 0 bridgehead atoms. The van der Waals surface area contributed by atoms with Gasteiger partial charge in [0.05, 0.1) is 11.0 Å². The summed E-state index contributed by atoms with van der Waals surface area (Å²) in [5, 5.41) is 10.3. The van der Waals surface area contributed by atoms with Crippen LogP contribution < -0.4 is 9.16 Å². The van der Waals surface area contributed by atoms with Gasteiger partial charge in [-0.3, -0.25) is 0 Å². The molecule has 7 heteroatoms. The van der Waals surface area contributed by atoms with Gasteiger partial charge in [0.25, 0.3) is 11.0 Å². The lowest BCUT2D eigenvalue weighted by atomic mass is 10.2. The van der Waals surface area contributed by atoms with Gasteiger partial charge in [-0.1, -0.05) is 12.1 Å². The predicted molar refractivity (Wildman–Crippen MR) is 82.1 cm³/mol. The second kappa shape index (κ2) is 5.96. The van der Waals surface area contributed by atoms with Crippen LogP contribution in [0.4, 0.5) is 0 Å². The normalized spacial score (nSPS) is 10.8. The summed E-state index contributed by atoms with van der Waals surface area (Å²) >= 11 is 0. The number of rotatable bonds is 4. The predicted octanol–water partition coefficient (Wildman–Crippen LogP) is 1.89. The summed E-state index contributed by atoms with van der Waals surface area (Å²) in [6.07, 6.45) is 0. The topological polar surface area (TPSA) is 83.7 Å². The van der Waals surface area contributed by atoms with Crippen LogP contribution in [0.5, 0.6) is 5.75 Å². The molecule has 0 aliphatic carbocycles. The molecule has 7 nitrogen and oxygen atoms in total. The summed E-state index contributed by atoms with van der Waals surface area (Å²) in [4.78, 5) is 23.7. The minimum absolute atomic E-state index is 0.240. The molecule has 0 fully saturated rings. The van der Waals surface area contributed by atoms with Gasteiger partial charge in [0.2, 0.25) is 0 Å². The summed E-state index contributed by atoms with van der Waals surface area (Å²) in [6, 6.07) is 11.3. The zero-order valence-electron chi connectivity index (χ0n) is 12.4. The molecular formula is C16H15N2O5+. The first kappa shape index (κ1) is 14.8. The van der Waals surface area contributed by atoms with Crippen LogP contribution in [0, 0.1) is 4.91 Å². The Morgan fingerprint density at radius 1 is 1.17 bits per heavy atom. The quantitative estimate of drug-likeness (QED) is 0.344. The summed E-state index contributed by atoms with van der Waals surface area (Å²) in [5.41, 5.74) is 1.29. The van der Waals surface area contributed by atoms with Crippen LogP contribution in [-0.4, -0.2) is 29.1 Å². The Morgan fingerprint density at radius 2 is 1.91 bits per heavy atom. The SMILES string of the molecule is CCOC(=O)COc1ccc2c(c1)n(O)c1ccccc1[n+]2=O. The summed E-state index contributed by atoms with van der Waals surface area (Å²) in [5.74, 6) is -0.134. The molecule has 3 rings (SSSR count). The maximum atomic E-state index is 12.4. The summed E-state index contributed by atoms with van der Waals surface area (Å²) in [7, 11) is 0. The second-order valence-corrected chi connectivity index (χ2v) is 4.84. The minimum Gasteiger partial charge on any atom is -0.482 e. The van der Waals surface area contributed by atoms with E-state index >= 15 is 0 Å². The molecule has 0 atom stereocenters. The van der Waals surface area contributed by atoms with E-state index in [0.717, 1.165) is 9.16 Å². The Kier molecular flexibility index (Phi) is 3.84. The highest BCUT2D eigenvalue weighted by Gasteiger charge is 2.18. The van der Waals surface area contributed by atoms with Crippen molar-refractivity contribution < 1.29 is 23.9 Å². The lowest BCUT2D eigenvalue weighted by Gasteiger charge is -2.07. The number of carbonyl (C=O) groups is 1. The molecule has 23 heavy (non-hydrogen) atoms. The Hall–Kier alpha value is -3.09. The average Bonchev–Trinajstić information content (AvgIpc) is 2.58. The molecule has 0 spiro atoms. The maximum Gasteiger partial charge on any atom is 0.344 e. The number of carbonyl (C=O) groups excluding carboxylic acids is 1. The Bertz CT molecular complexity index is 948. The molecule has 0 saturated carbocycles. The molecule has 1 aromatic heterocycles. The molecular weight excluding hydrogens is 300 g/mol. The monoisotopic (exact) mass is 315 g/mol. The lowest BCUT2D eigenvalue weighted by Crippen LogP contribution is -2.20. The number of ether oxygens (including phenoxy) is 2. The molecule has 0 saturated heterocycles. The van der Waals surface area contributed by atoms with Crippen LogP contribution in [0.15, 0.2) is 42.5 Å². The largest absolute Gasteiger partial charge is 0.482 e. The molecule has 1 N–H and O–H groups in total. The van der Waals surface area contributed by atoms with Crippen molar-refractivity contribution in [3.8, 4) is 5.75 Å². The van der Waals surface area contributed by atoms with E-state index in [9.17, 15) is 14.9 Å². The van der Waals surface area contributed by atoms with E-state index in [0.29, 0.717) is 16.8 Å². The van der Waals surface area contributed by atoms with E-state index in [-0.39, 0.29) is 24.2 Å². The van der Waals surface area contributed by atoms with Gasteiger partial charge in [0.15, 0.2) is 17.6 Å². The molecule has 2 aromatic carbocycles. The molecule has 1 heterocycles. The zero-order valence-corrected chi connectivity index (χ0v) is 12.4. The van der Waals surface area contributed by atoms with Crippen molar-refractivity contribution in [2.24, 2.45) is 0 Å². The molecule has 0 amide bonds. The summed E-state index contributed by atoms with van der Waals surface area (Å²) < 4.78 is 11.8. The van der Waals surface area contributed by atoms with E-state index in [1.54, 1.807) is 37.3 Å².